The van der Waals surface area contributed by atoms with Gasteiger partial charge < -0.3 is 20.7 Å². The van der Waals surface area contributed by atoms with Crippen molar-refractivity contribution < 1.29 is 27.5 Å². The largest absolute Gasteiger partial charge is 0.471 e. The first-order valence-electron chi connectivity index (χ1n) is 8.76. The zero-order valence-electron chi connectivity index (χ0n) is 15.1. The van der Waals surface area contributed by atoms with Gasteiger partial charge in [0.25, 0.3) is 0 Å². The summed E-state index contributed by atoms with van der Waals surface area (Å²) in [7, 11) is 0. The van der Waals surface area contributed by atoms with Crippen molar-refractivity contribution in [3.63, 3.8) is 0 Å². The predicted molar refractivity (Wildman–Crippen MR) is 93.8 cm³/mol. The number of alkyl halides is 3. The van der Waals surface area contributed by atoms with E-state index < -0.39 is 17.5 Å². The topological polar surface area (TPSA) is 84.7 Å². The third-order valence-electron chi connectivity index (χ3n) is 4.79. The van der Waals surface area contributed by atoms with Crippen LogP contribution in [0.1, 0.15) is 25.3 Å². The maximum atomic E-state index is 12.7. The van der Waals surface area contributed by atoms with E-state index in [0.29, 0.717) is 42.2 Å². The molecule has 0 spiro atoms. The molecule has 9 heteroatoms. The van der Waals surface area contributed by atoms with Gasteiger partial charge in [-0.05, 0) is 37.5 Å². The van der Waals surface area contributed by atoms with Crippen molar-refractivity contribution >= 4 is 17.5 Å². The number of hydrogen-bond acceptors (Lipinski definition) is 4. The molecule has 0 unspecified atom stereocenters. The summed E-state index contributed by atoms with van der Waals surface area (Å²) in [4.78, 5) is 24.9. The molecule has 3 N–H and O–H groups in total. The van der Waals surface area contributed by atoms with Gasteiger partial charge in [0, 0.05) is 38.5 Å². The van der Waals surface area contributed by atoms with Gasteiger partial charge in [-0.15, -0.1) is 0 Å². The molecule has 0 radical (unpaired) electrons. The van der Waals surface area contributed by atoms with E-state index in [4.69, 9.17) is 10.5 Å². The van der Waals surface area contributed by atoms with Crippen molar-refractivity contribution in [2.45, 2.75) is 32.5 Å². The number of nitrogens with zero attached hydrogens (tertiary/aromatic N) is 1. The standard InChI is InChI=1S/C18H24F3N3O3/c1-2-24(16(26)18(19,20)21)11-13-4-3-5-14(10-13)23-15(25)17(12-22)6-8-27-9-7-17/h3-5,10H,2,6-9,11-12,22H2,1H3,(H,23,25). The number of hydrogen-bond donors (Lipinski definition) is 2. The van der Waals surface area contributed by atoms with Crippen molar-refractivity contribution in [1.29, 1.82) is 0 Å². The van der Waals surface area contributed by atoms with Crippen LogP contribution in [0.3, 0.4) is 0 Å². The van der Waals surface area contributed by atoms with Gasteiger partial charge in [0.05, 0.1) is 5.41 Å². The lowest BCUT2D eigenvalue weighted by Crippen LogP contribution is -2.46. The molecule has 1 aliphatic heterocycles. The molecule has 2 rings (SSSR count). The molecule has 150 valence electrons. The molecule has 0 aliphatic carbocycles. The lowest BCUT2D eigenvalue weighted by Gasteiger charge is -2.34. The summed E-state index contributed by atoms with van der Waals surface area (Å²) in [5, 5.41) is 2.79. The Bertz CT molecular complexity index is 673. The fourth-order valence-electron chi connectivity index (χ4n) is 3.02. The number of carbonyl (C=O) groups excluding carboxylic acids is 2. The number of amides is 2. The number of halogens is 3. The first-order chi connectivity index (χ1) is 12.7. The quantitative estimate of drug-likeness (QED) is 0.784. The van der Waals surface area contributed by atoms with Crippen molar-refractivity contribution in [2.24, 2.45) is 11.1 Å². The van der Waals surface area contributed by atoms with Crippen molar-refractivity contribution in [1.82, 2.24) is 4.90 Å². The molecule has 0 aromatic heterocycles. The molecule has 1 saturated heterocycles. The van der Waals surface area contributed by atoms with E-state index in [1.165, 1.54) is 6.92 Å². The summed E-state index contributed by atoms with van der Waals surface area (Å²) >= 11 is 0. The fraction of sp³-hybridized carbons (Fsp3) is 0.556. The maximum absolute atomic E-state index is 12.7. The van der Waals surface area contributed by atoms with Crippen LogP contribution in [-0.2, 0) is 20.9 Å². The van der Waals surface area contributed by atoms with Gasteiger partial charge in [-0.1, -0.05) is 12.1 Å². The Balaban J connectivity index is 2.10. The lowest BCUT2D eigenvalue weighted by molar-refractivity contribution is -0.185. The summed E-state index contributed by atoms with van der Waals surface area (Å²) in [5.74, 6) is -2.12. The first kappa shape index (κ1) is 21.2. The molecule has 2 amide bonds. The highest BCUT2D eigenvalue weighted by molar-refractivity contribution is 5.95. The Hall–Kier alpha value is -2.13. The number of anilines is 1. The zero-order chi connectivity index (χ0) is 20.1. The third-order valence-corrected chi connectivity index (χ3v) is 4.79. The second-order valence-electron chi connectivity index (χ2n) is 6.57. The van der Waals surface area contributed by atoms with Crippen LogP contribution in [0.25, 0.3) is 0 Å². The molecule has 1 aromatic carbocycles. The molecule has 1 fully saturated rings. The minimum Gasteiger partial charge on any atom is -0.381 e. The van der Waals surface area contributed by atoms with Crippen LogP contribution in [0.2, 0.25) is 0 Å². The average Bonchev–Trinajstić information content (AvgIpc) is 2.65. The van der Waals surface area contributed by atoms with Gasteiger partial charge in [-0.2, -0.15) is 13.2 Å². The average molecular weight is 387 g/mol. The molecular formula is C18H24F3N3O3. The van der Waals surface area contributed by atoms with Gasteiger partial charge in [-0.3, -0.25) is 9.59 Å². The highest BCUT2D eigenvalue weighted by Gasteiger charge is 2.42. The second-order valence-corrected chi connectivity index (χ2v) is 6.57. The maximum Gasteiger partial charge on any atom is 0.471 e. The number of rotatable bonds is 6. The number of nitrogens with one attached hydrogen (secondary N) is 1. The number of nitrogens with two attached hydrogens (primary N) is 1. The fourth-order valence-corrected chi connectivity index (χ4v) is 3.02. The minimum atomic E-state index is -4.92. The van der Waals surface area contributed by atoms with E-state index in [-0.39, 0.29) is 25.5 Å². The number of ether oxygens (including phenoxy) is 1. The van der Waals surface area contributed by atoms with E-state index >= 15 is 0 Å². The van der Waals surface area contributed by atoms with Crippen LogP contribution < -0.4 is 11.1 Å². The van der Waals surface area contributed by atoms with Crippen LogP contribution in [-0.4, -0.2) is 49.2 Å². The Labute approximate surface area is 155 Å². The summed E-state index contributed by atoms with van der Waals surface area (Å²) in [6.45, 7) is 2.29. The highest BCUT2D eigenvalue weighted by atomic mass is 19.4. The molecule has 0 saturated carbocycles. The van der Waals surface area contributed by atoms with Gasteiger partial charge in [0.15, 0.2) is 0 Å². The van der Waals surface area contributed by atoms with E-state index in [9.17, 15) is 22.8 Å². The number of carbonyl (C=O) groups is 2. The van der Waals surface area contributed by atoms with E-state index in [1.807, 2.05) is 0 Å². The van der Waals surface area contributed by atoms with E-state index in [0.717, 1.165) is 0 Å². The predicted octanol–water partition coefficient (Wildman–Crippen LogP) is 2.29. The smallest absolute Gasteiger partial charge is 0.381 e. The molecule has 0 bridgehead atoms. The summed E-state index contributed by atoms with van der Waals surface area (Å²) in [6.07, 6.45) is -3.89. The van der Waals surface area contributed by atoms with Crippen LogP contribution in [0.15, 0.2) is 24.3 Å². The van der Waals surface area contributed by atoms with Crippen LogP contribution in [0.5, 0.6) is 0 Å². The third kappa shape index (κ3) is 5.20. The monoisotopic (exact) mass is 387 g/mol. The Morgan fingerprint density at radius 1 is 1.30 bits per heavy atom. The molecule has 1 aromatic rings. The summed E-state index contributed by atoms with van der Waals surface area (Å²) in [5.41, 5.74) is 6.04. The van der Waals surface area contributed by atoms with E-state index in [1.54, 1.807) is 24.3 Å². The van der Waals surface area contributed by atoms with Crippen LogP contribution in [0.4, 0.5) is 18.9 Å². The SMILES string of the molecule is CCN(Cc1cccc(NC(=O)C2(CN)CCOCC2)c1)C(=O)C(F)(F)F. The molecule has 27 heavy (non-hydrogen) atoms. The molecule has 1 aliphatic rings. The Kier molecular flexibility index (Phi) is 6.83. The van der Waals surface area contributed by atoms with Crippen LogP contribution >= 0.6 is 0 Å². The van der Waals surface area contributed by atoms with Crippen molar-refractivity contribution in [2.75, 3.05) is 31.6 Å². The minimum absolute atomic E-state index is 0.0782. The Morgan fingerprint density at radius 3 is 2.52 bits per heavy atom. The van der Waals surface area contributed by atoms with Gasteiger partial charge >= 0.3 is 12.1 Å². The first-order valence-corrected chi connectivity index (χ1v) is 8.76. The number of benzene rings is 1. The van der Waals surface area contributed by atoms with Gasteiger partial charge in [0.1, 0.15) is 0 Å². The Morgan fingerprint density at radius 2 is 1.96 bits per heavy atom. The molecule has 6 nitrogen and oxygen atoms in total. The van der Waals surface area contributed by atoms with Crippen LogP contribution in [0, 0.1) is 5.41 Å². The molecule has 0 atom stereocenters. The van der Waals surface area contributed by atoms with Gasteiger partial charge in [0.2, 0.25) is 5.91 Å². The van der Waals surface area contributed by atoms with E-state index in [2.05, 4.69) is 5.32 Å². The molecular weight excluding hydrogens is 363 g/mol. The summed E-state index contributed by atoms with van der Waals surface area (Å²) in [6, 6.07) is 6.44. The lowest BCUT2D eigenvalue weighted by atomic mass is 9.79. The highest BCUT2D eigenvalue weighted by Crippen LogP contribution is 2.31. The second kappa shape index (κ2) is 8.71. The molecule has 1 heterocycles. The van der Waals surface area contributed by atoms with Crippen molar-refractivity contribution in [3.8, 4) is 0 Å². The summed E-state index contributed by atoms with van der Waals surface area (Å²) < 4.78 is 43.3. The normalized spacial score (nSPS) is 16.6. The van der Waals surface area contributed by atoms with Crippen molar-refractivity contribution in [3.05, 3.63) is 29.8 Å². The zero-order valence-corrected chi connectivity index (χ0v) is 15.1. The van der Waals surface area contributed by atoms with Gasteiger partial charge in [-0.25, -0.2) is 0 Å².